The Bertz CT molecular complexity index is 913. The van der Waals surface area contributed by atoms with Crippen molar-refractivity contribution in [2.24, 2.45) is 11.8 Å². The number of fused-ring (bicyclic) bond motifs is 2. The van der Waals surface area contributed by atoms with Crippen LogP contribution in [0.5, 0.6) is 0 Å². The molecule has 0 aliphatic carbocycles. The van der Waals surface area contributed by atoms with Crippen LogP contribution in [-0.2, 0) is 20.8 Å². The van der Waals surface area contributed by atoms with Crippen LogP contribution in [0.15, 0.2) is 78.9 Å². The number of hydrogen-bond donors (Lipinski definition) is 0. The second kappa shape index (κ2) is 13.9. The quantitative estimate of drug-likeness (QED) is 0.176. The summed E-state index contributed by atoms with van der Waals surface area (Å²) < 4.78 is 0. The van der Waals surface area contributed by atoms with Gasteiger partial charge >= 0.3 is 37.9 Å². The van der Waals surface area contributed by atoms with Crippen molar-refractivity contribution in [1.82, 2.24) is 0 Å². The summed E-state index contributed by atoms with van der Waals surface area (Å²) in [5.41, 5.74) is 0. The molecule has 158 valence electrons. The molecule has 0 radical (unpaired) electrons. The van der Waals surface area contributed by atoms with E-state index in [1.54, 1.807) is 5.30 Å². The predicted molar refractivity (Wildman–Crippen MR) is 137 cm³/mol. The maximum atomic E-state index is 4.93. The molecule has 0 aliphatic heterocycles. The molecular formula is C26H31Cl2PZr. The van der Waals surface area contributed by atoms with Gasteiger partial charge in [-0.15, -0.1) is 70.0 Å². The van der Waals surface area contributed by atoms with Crippen LogP contribution in [0, 0.1) is 11.8 Å². The fraction of sp³-hybridized carbons (Fsp3) is 0.308. The molecule has 0 saturated heterocycles. The second-order valence-electron chi connectivity index (χ2n) is 8.26. The van der Waals surface area contributed by atoms with E-state index in [0.717, 1.165) is 11.8 Å². The fourth-order valence-corrected chi connectivity index (χ4v) is 6.53. The molecule has 0 spiro atoms. The number of benzene rings is 2. The largest absolute Gasteiger partial charge is 0.168 e. The minimum absolute atomic E-state index is 0.0185. The van der Waals surface area contributed by atoms with E-state index >= 15 is 0 Å². The molecule has 4 rings (SSSR count). The average molecular weight is 537 g/mol. The van der Waals surface area contributed by atoms with Crippen molar-refractivity contribution < 1.29 is 20.8 Å². The van der Waals surface area contributed by atoms with Gasteiger partial charge in [0.25, 0.3) is 0 Å². The summed E-state index contributed by atoms with van der Waals surface area (Å²) in [5, 5.41) is 7.09. The van der Waals surface area contributed by atoms with Crippen molar-refractivity contribution in [3.8, 4) is 0 Å². The van der Waals surface area contributed by atoms with Gasteiger partial charge in [-0.3, -0.25) is 0 Å². The molecule has 0 aromatic heterocycles. The zero-order valence-corrected chi connectivity index (χ0v) is 23.1. The van der Waals surface area contributed by atoms with Crippen molar-refractivity contribution in [3.05, 3.63) is 78.9 Å². The van der Waals surface area contributed by atoms with E-state index in [-0.39, 0.29) is 7.92 Å². The third-order valence-electron chi connectivity index (χ3n) is 4.69. The van der Waals surface area contributed by atoms with Gasteiger partial charge in [0.05, 0.1) is 0 Å². The summed E-state index contributed by atoms with van der Waals surface area (Å²) in [7, 11) is 9.89. The summed E-state index contributed by atoms with van der Waals surface area (Å²) in [4.78, 5) is 0. The first-order valence-electron chi connectivity index (χ1n) is 10.4. The molecule has 4 aromatic rings. The minimum atomic E-state index is -0.826. The molecule has 0 N–H and O–H groups in total. The van der Waals surface area contributed by atoms with E-state index in [9.17, 15) is 0 Å². The Labute approximate surface area is 202 Å². The van der Waals surface area contributed by atoms with Gasteiger partial charge in [-0.1, -0.05) is 47.7 Å². The van der Waals surface area contributed by atoms with Crippen molar-refractivity contribution in [2.75, 3.05) is 12.3 Å². The number of rotatable bonds is 5. The molecule has 0 aliphatic rings. The van der Waals surface area contributed by atoms with Gasteiger partial charge in [-0.25, -0.2) is 0 Å². The molecule has 0 fully saturated rings. The van der Waals surface area contributed by atoms with Crippen molar-refractivity contribution >= 4 is 51.8 Å². The van der Waals surface area contributed by atoms with E-state index in [0.29, 0.717) is 0 Å². The van der Waals surface area contributed by atoms with Crippen LogP contribution in [0.2, 0.25) is 0 Å². The molecule has 0 unspecified atom stereocenters. The zero-order chi connectivity index (χ0) is 21.9. The molecule has 0 saturated carbocycles. The minimum Gasteiger partial charge on any atom is -0.168 e. The topological polar surface area (TPSA) is 0 Å². The molecule has 0 atom stereocenters. The summed E-state index contributed by atoms with van der Waals surface area (Å²) in [6.07, 6.45) is 2.73. The summed E-state index contributed by atoms with van der Waals surface area (Å²) in [5.74, 6) is 1.60. The smallest absolute Gasteiger partial charge is 0.0809 e. The SMILES string of the molecule is CC(C)CP(CC(C)C)c1cc2ccccc2[cH-]1.[Cl][Zr+2][Cl].c1ccc2[cH-]ccc2c1. The van der Waals surface area contributed by atoms with Crippen molar-refractivity contribution in [1.29, 1.82) is 0 Å². The van der Waals surface area contributed by atoms with Crippen LogP contribution in [0.3, 0.4) is 0 Å². The Balaban J connectivity index is 0.000000220. The molecule has 0 nitrogen and oxygen atoms in total. The van der Waals surface area contributed by atoms with E-state index < -0.39 is 20.8 Å². The summed E-state index contributed by atoms with van der Waals surface area (Å²) >= 11 is -0.826. The van der Waals surface area contributed by atoms with Gasteiger partial charge < -0.3 is 0 Å². The van der Waals surface area contributed by atoms with Crippen LogP contribution in [0.25, 0.3) is 21.5 Å². The van der Waals surface area contributed by atoms with E-state index in [1.807, 2.05) is 0 Å². The van der Waals surface area contributed by atoms with Gasteiger partial charge in [0, 0.05) is 0 Å². The maximum Gasteiger partial charge on any atom is -0.0809 e. The van der Waals surface area contributed by atoms with Gasteiger partial charge in [-0.2, -0.15) is 23.6 Å². The Morgan fingerprint density at radius 3 is 1.87 bits per heavy atom. The Morgan fingerprint density at radius 1 is 0.800 bits per heavy atom. The van der Waals surface area contributed by atoms with Crippen LogP contribution in [-0.4, -0.2) is 12.3 Å². The van der Waals surface area contributed by atoms with Crippen LogP contribution >= 0.6 is 24.9 Å². The first-order chi connectivity index (χ1) is 14.4. The van der Waals surface area contributed by atoms with Gasteiger partial charge in [0.15, 0.2) is 0 Å². The summed E-state index contributed by atoms with van der Waals surface area (Å²) in [6.45, 7) is 9.38. The third kappa shape index (κ3) is 8.59. The maximum absolute atomic E-state index is 4.93. The molecule has 0 heterocycles. The molecule has 4 heteroatoms. The van der Waals surface area contributed by atoms with Crippen LogP contribution in [0.4, 0.5) is 0 Å². The molecular weight excluding hydrogens is 505 g/mol. The molecule has 0 amide bonds. The van der Waals surface area contributed by atoms with E-state index in [1.165, 1.54) is 33.9 Å². The van der Waals surface area contributed by atoms with Gasteiger partial charge in [0.1, 0.15) is 0 Å². The fourth-order valence-electron chi connectivity index (χ4n) is 3.55. The number of hydrogen-bond acceptors (Lipinski definition) is 0. The average Bonchev–Trinajstić information content (AvgIpc) is 3.34. The molecule has 4 aromatic carbocycles. The van der Waals surface area contributed by atoms with E-state index in [2.05, 4.69) is 107 Å². The summed E-state index contributed by atoms with van der Waals surface area (Å²) in [6, 6.07) is 28.3. The standard InChI is InChI=1S/C17H24P.C9H7.2ClH.Zr/c1-13(2)11-18(12-14(3)4)17-9-15-7-5-6-8-16(15)10-17;1-2-5-9-7-3-6-8(9)4-1;;;/h5-10,13-14H,11-12H2,1-4H3;1-7H;2*1H;/q2*-1;;;+4/p-2. The molecule has 30 heavy (non-hydrogen) atoms. The Kier molecular flexibility index (Phi) is 11.9. The monoisotopic (exact) mass is 534 g/mol. The molecule has 0 bridgehead atoms. The predicted octanol–water partition coefficient (Wildman–Crippen LogP) is 8.91. The zero-order valence-electron chi connectivity index (χ0n) is 18.3. The Morgan fingerprint density at radius 2 is 1.33 bits per heavy atom. The third-order valence-corrected chi connectivity index (χ3v) is 8.02. The normalized spacial score (nSPS) is 10.7. The first kappa shape index (κ1) is 25.8. The second-order valence-corrected chi connectivity index (χ2v) is 14.3. The van der Waals surface area contributed by atoms with Crippen LogP contribution < -0.4 is 5.30 Å². The van der Waals surface area contributed by atoms with Crippen molar-refractivity contribution in [2.45, 2.75) is 27.7 Å². The van der Waals surface area contributed by atoms with Crippen molar-refractivity contribution in [3.63, 3.8) is 0 Å². The van der Waals surface area contributed by atoms with E-state index in [4.69, 9.17) is 17.0 Å². The van der Waals surface area contributed by atoms with Crippen LogP contribution in [0.1, 0.15) is 27.7 Å². The number of halogens is 2. The Hall–Kier alpha value is -0.447. The van der Waals surface area contributed by atoms with Gasteiger partial charge in [0.2, 0.25) is 0 Å². The van der Waals surface area contributed by atoms with Gasteiger partial charge in [-0.05, 0) is 24.2 Å². The first-order valence-corrected chi connectivity index (χ1v) is 18.5.